The van der Waals surface area contributed by atoms with Crippen molar-refractivity contribution in [1.82, 2.24) is 19.5 Å². The van der Waals surface area contributed by atoms with Crippen molar-refractivity contribution >= 4 is 82.3 Å². The largest absolute Gasteiger partial charge is 0 e. The van der Waals surface area contributed by atoms with Crippen LogP contribution >= 0.6 is 11.3 Å². The summed E-state index contributed by atoms with van der Waals surface area (Å²) in [4.78, 5) is 14.3. The maximum atomic E-state index is 8.44. The van der Waals surface area contributed by atoms with Crippen LogP contribution in [0.4, 0.5) is 0 Å². The van der Waals surface area contributed by atoms with Crippen molar-refractivity contribution < 1.29 is 25.9 Å². The molecule has 1 radical (unpaired) electrons. The second-order valence-corrected chi connectivity index (χ2v) is 26.8. The summed E-state index contributed by atoms with van der Waals surface area (Å²) in [5, 5.41) is 4.55. The van der Waals surface area contributed by atoms with Gasteiger partial charge in [-0.3, -0.25) is 4.98 Å². The first-order chi connectivity index (χ1) is 26.9. The van der Waals surface area contributed by atoms with Gasteiger partial charge in [0.2, 0.25) is 5.71 Å². The van der Waals surface area contributed by atoms with Crippen LogP contribution in [-0.4, -0.2) is 32.8 Å². The van der Waals surface area contributed by atoms with Crippen LogP contribution in [0.15, 0.2) is 132 Å². The molecule has 0 aliphatic carbocycles. The van der Waals surface area contributed by atoms with Crippen LogP contribution in [-0.2, 0) is 20.1 Å². The molecule has 10 rings (SSSR count). The number of aryl methyl sites for hydroxylation is 1. The van der Waals surface area contributed by atoms with Gasteiger partial charge in [-0.1, -0.05) is 41.3 Å². The first-order valence-electron chi connectivity index (χ1n) is 19.0. The summed E-state index contributed by atoms with van der Waals surface area (Å²) >= 11 is -0.202. The van der Waals surface area contributed by atoms with Crippen LogP contribution in [0.1, 0.15) is 32.4 Å². The third-order valence-electron chi connectivity index (χ3n) is 10.1. The van der Waals surface area contributed by atoms with E-state index in [-0.39, 0.29) is 20.1 Å². The smallest absolute Gasteiger partial charge is 0 e. The van der Waals surface area contributed by atoms with Gasteiger partial charge in [0.05, 0.1) is 22.4 Å². The fraction of sp³-hybridized carbons (Fsp3) is 0.146. The van der Waals surface area contributed by atoms with E-state index in [2.05, 4.69) is 117 Å². The molecular weight excluding hydrogens is 945 g/mol. The van der Waals surface area contributed by atoms with Gasteiger partial charge < -0.3 is 8.98 Å². The minimum Gasteiger partial charge on any atom is 0 e. The molecule has 5 heterocycles. The standard InChI is InChI=1S/C31H18N3OS.C17H22GeN.Ir/c1-18-13-15-22-21-8-6-9-23(29(21)35-31(22)32-18)30-33-25-10-3-4-11-26(25)34(30)19-14-16-28-24(17-19)20-7-2-5-12-27(20)36-28;1-13(2)15-11-17(14-9-7-6-8-10-14)19-12-16(15)18(3,4)5;/h2-8,10-17H,1H3;6-9,11-13H,1-5H3;/q2*-1;/i;13D;. The van der Waals surface area contributed by atoms with Gasteiger partial charge in [0.15, 0.2) is 0 Å². The molecule has 0 spiro atoms. The van der Waals surface area contributed by atoms with Crippen LogP contribution in [0.3, 0.4) is 0 Å². The summed E-state index contributed by atoms with van der Waals surface area (Å²) < 4.78 is 20.9. The molecule has 5 aromatic carbocycles. The summed E-state index contributed by atoms with van der Waals surface area (Å²) in [5.74, 6) is 7.25. The molecule has 5 aromatic heterocycles. The van der Waals surface area contributed by atoms with Crippen LogP contribution in [0.5, 0.6) is 0 Å². The molecule has 0 aliphatic rings. The van der Waals surface area contributed by atoms with Gasteiger partial charge in [0.25, 0.3) is 0 Å². The van der Waals surface area contributed by atoms with Gasteiger partial charge in [0.1, 0.15) is 0 Å². The third kappa shape index (κ3) is 6.92. The Morgan fingerprint density at radius 1 is 0.768 bits per heavy atom. The van der Waals surface area contributed by atoms with Gasteiger partial charge in [-0.15, -0.1) is 29.5 Å². The Labute approximate surface area is 348 Å². The van der Waals surface area contributed by atoms with E-state index < -0.39 is 19.2 Å². The molecule has 0 atom stereocenters. The number of thiophene rings is 1. The van der Waals surface area contributed by atoms with Crippen LogP contribution < -0.4 is 4.40 Å². The summed E-state index contributed by atoms with van der Waals surface area (Å²) in [7, 11) is 0. The van der Waals surface area contributed by atoms with E-state index in [1.165, 1.54) is 24.6 Å². The number of hydrogen-bond acceptors (Lipinski definition) is 5. The first kappa shape index (κ1) is 36.7. The molecule has 0 unspecified atom stereocenters. The molecule has 0 N–H and O–H groups in total. The second-order valence-electron chi connectivity index (χ2n) is 15.2. The van der Waals surface area contributed by atoms with E-state index in [0.29, 0.717) is 5.71 Å². The number of benzene rings is 5. The minimum absolute atomic E-state index is 0. The SMILES string of the molecule is Cc1ccc2c(n1)oc1c(-c3nc4ccccc4n3-c3ccc4sc5ccccc5c4c3)[c-]ccc12.[2H]C(C)(C)c1cc(-c2[c-]cccc2)nc[c]1[Ge]([CH3])([CH3])[CH3].[Ir]. The number of imidazole rings is 1. The monoisotopic (exact) mass is 988 g/mol. The summed E-state index contributed by atoms with van der Waals surface area (Å²) in [6.45, 7) is 5.89. The molecule has 0 fully saturated rings. The molecule has 0 amide bonds. The fourth-order valence-electron chi connectivity index (χ4n) is 7.36. The van der Waals surface area contributed by atoms with Crippen LogP contribution in [0.25, 0.3) is 81.6 Å². The number of furan rings is 1. The Bertz CT molecular complexity index is 3080. The quantitative estimate of drug-likeness (QED) is 0.127. The topological polar surface area (TPSA) is 56.7 Å². The van der Waals surface area contributed by atoms with E-state index in [4.69, 9.17) is 10.8 Å². The fourth-order valence-corrected chi connectivity index (χ4v) is 11.8. The zero-order valence-electron chi connectivity index (χ0n) is 33.1. The van der Waals surface area contributed by atoms with Crippen LogP contribution in [0, 0.1) is 19.1 Å². The molecule has 0 saturated heterocycles. The summed E-state index contributed by atoms with van der Waals surface area (Å²) in [6.07, 6.45) is 2.00. The van der Waals surface area contributed by atoms with Crippen LogP contribution in [0.2, 0.25) is 17.3 Å². The maximum absolute atomic E-state index is 8.44. The normalized spacial score (nSPS) is 12.2. The second kappa shape index (κ2) is 15.2. The molecular formula is C48H40GeIrN4OS-2. The van der Waals surface area contributed by atoms with E-state index in [1.807, 2.05) is 86.8 Å². The van der Waals surface area contributed by atoms with Crippen molar-refractivity contribution in [3.8, 4) is 28.3 Å². The Hall–Kier alpha value is -4.92. The number of nitrogens with zero attached hydrogens (tertiary/aromatic N) is 4. The molecule has 279 valence electrons. The summed E-state index contributed by atoms with van der Waals surface area (Å²) in [6, 6.07) is 48.2. The van der Waals surface area contributed by atoms with Crippen molar-refractivity contribution in [2.45, 2.75) is 43.9 Å². The van der Waals surface area contributed by atoms with Crippen molar-refractivity contribution in [2.75, 3.05) is 0 Å². The predicted octanol–water partition coefficient (Wildman–Crippen LogP) is 12.7. The molecule has 0 aliphatic heterocycles. The van der Waals surface area contributed by atoms with Gasteiger partial charge in [0, 0.05) is 57.0 Å². The summed E-state index contributed by atoms with van der Waals surface area (Å²) in [5.41, 5.74) is 9.20. The zero-order valence-corrected chi connectivity index (χ0v) is 37.4. The Balaban J connectivity index is 0.000000186. The number of hydrogen-bond donors (Lipinski definition) is 0. The molecule has 8 heteroatoms. The van der Waals surface area contributed by atoms with E-state index in [0.717, 1.165) is 67.0 Å². The molecule has 10 aromatic rings. The Morgan fingerprint density at radius 3 is 2.36 bits per heavy atom. The van der Waals surface area contributed by atoms with Gasteiger partial charge in [-0.25, -0.2) is 4.98 Å². The average Bonchev–Trinajstić information content (AvgIpc) is 3.88. The number of fused-ring (bicyclic) bond motifs is 7. The maximum Gasteiger partial charge on any atom is 0 e. The minimum atomic E-state index is -2.03. The Kier molecular flexibility index (Phi) is 9.97. The van der Waals surface area contributed by atoms with E-state index in [1.54, 1.807) is 0 Å². The zero-order chi connectivity index (χ0) is 38.8. The molecule has 5 nitrogen and oxygen atoms in total. The van der Waals surface area contributed by atoms with Gasteiger partial charge in [-0.05, 0) is 55.5 Å². The molecule has 0 saturated carbocycles. The van der Waals surface area contributed by atoms with Crippen molar-refractivity contribution in [1.29, 1.82) is 0 Å². The predicted molar refractivity (Wildman–Crippen MR) is 234 cm³/mol. The third-order valence-corrected chi connectivity index (χ3v) is 15.5. The Morgan fingerprint density at radius 2 is 1.55 bits per heavy atom. The molecule has 56 heavy (non-hydrogen) atoms. The number of rotatable bonds is 5. The van der Waals surface area contributed by atoms with Crippen molar-refractivity contribution in [3.63, 3.8) is 0 Å². The number of pyridine rings is 2. The van der Waals surface area contributed by atoms with E-state index in [9.17, 15) is 0 Å². The van der Waals surface area contributed by atoms with Crippen molar-refractivity contribution in [2.24, 2.45) is 0 Å². The number of aromatic nitrogens is 4. The molecule has 0 bridgehead atoms. The van der Waals surface area contributed by atoms with E-state index >= 15 is 0 Å². The first-order valence-corrected chi connectivity index (χ1v) is 26.7. The van der Waals surface area contributed by atoms with Gasteiger partial charge >= 0.3 is 120 Å². The average molecular weight is 987 g/mol. The van der Waals surface area contributed by atoms with Crippen molar-refractivity contribution in [3.05, 3.63) is 151 Å². The van der Waals surface area contributed by atoms with Gasteiger partial charge in [-0.2, -0.15) is 0 Å². The number of para-hydroxylation sites is 2.